The molecule has 0 saturated carbocycles. The van der Waals surface area contributed by atoms with E-state index in [-0.39, 0.29) is 17.2 Å². The molecule has 0 aromatic heterocycles. The highest BCUT2D eigenvalue weighted by atomic mass is 19.4. The average molecular weight is 360 g/mol. The Labute approximate surface area is 147 Å². The zero-order valence-electron chi connectivity index (χ0n) is 15.6. The Balaban J connectivity index is 3.49. The van der Waals surface area contributed by atoms with E-state index in [2.05, 4.69) is 4.99 Å². The van der Waals surface area contributed by atoms with Crippen LogP contribution >= 0.6 is 0 Å². The van der Waals surface area contributed by atoms with Crippen LogP contribution in [0.1, 0.15) is 38.3 Å². The molecule has 1 atom stereocenters. The molecular formula is C18H27F3N2O2. The minimum absolute atomic E-state index is 0.0302. The number of hydrogen-bond donors (Lipinski definition) is 1. The number of methoxy groups -OCH3 is 1. The summed E-state index contributed by atoms with van der Waals surface area (Å²) in [5.41, 5.74) is -2.23. The van der Waals surface area contributed by atoms with E-state index in [1.165, 1.54) is 19.2 Å². The van der Waals surface area contributed by atoms with Crippen molar-refractivity contribution in [3.63, 3.8) is 0 Å². The molecule has 0 radical (unpaired) electrons. The van der Waals surface area contributed by atoms with E-state index in [9.17, 15) is 18.3 Å². The molecule has 142 valence electrons. The van der Waals surface area contributed by atoms with Crippen molar-refractivity contribution in [2.75, 3.05) is 20.7 Å². The molecule has 1 rings (SSSR count). The third-order valence-electron chi connectivity index (χ3n) is 4.03. The van der Waals surface area contributed by atoms with Crippen molar-refractivity contribution < 1.29 is 23.0 Å². The predicted molar refractivity (Wildman–Crippen MR) is 93.6 cm³/mol. The van der Waals surface area contributed by atoms with Crippen molar-refractivity contribution >= 4 is 12.0 Å². The maximum Gasteiger partial charge on any atom is 0.421 e. The number of aliphatic imine (C=N–C) groups is 1. The first-order valence-corrected chi connectivity index (χ1v) is 8.18. The number of alkyl halides is 3. The summed E-state index contributed by atoms with van der Waals surface area (Å²) in [7, 11) is 3.13. The lowest BCUT2D eigenvalue weighted by Crippen LogP contribution is -2.43. The van der Waals surface area contributed by atoms with Crippen LogP contribution in [0.4, 0.5) is 18.9 Å². The average Bonchev–Trinajstić information content (AvgIpc) is 2.51. The van der Waals surface area contributed by atoms with E-state index in [1.54, 1.807) is 27.1 Å². The van der Waals surface area contributed by atoms with Gasteiger partial charge in [-0.2, -0.15) is 13.2 Å². The van der Waals surface area contributed by atoms with Crippen LogP contribution in [0, 0.1) is 12.8 Å². The fourth-order valence-electron chi connectivity index (χ4n) is 2.52. The van der Waals surface area contributed by atoms with Crippen LogP contribution in [0.25, 0.3) is 0 Å². The third-order valence-corrected chi connectivity index (χ3v) is 4.03. The molecule has 0 saturated heterocycles. The highest BCUT2D eigenvalue weighted by Gasteiger charge is 2.56. The van der Waals surface area contributed by atoms with Crippen LogP contribution < -0.4 is 4.74 Å². The topological polar surface area (TPSA) is 45.1 Å². The fraction of sp³-hybridized carbons (Fsp3) is 0.611. The van der Waals surface area contributed by atoms with Gasteiger partial charge >= 0.3 is 6.18 Å². The fourth-order valence-corrected chi connectivity index (χ4v) is 2.52. The van der Waals surface area contributed by atoms with E-state index < -0.39 is 18.2 Å². The predicted octanol–water partition coefficient (Wildman–Crippen LogP) is 4.41. The minimum Gasteiger partial charge on any atom is -0.496 e. The summed E-state index contributed by atoms with van der Waals surface area (Å²) in [5, 5.41) is 10.5. The van der Waals surface area contributed by atoms with Gasteiger partial charge in [0.1, 0.15) is 5.75 Å². The molecule has 0 bridgehead atoms. The molecule has 0 aliphatic heterocycles. The number of benzene rings is 1. The van der Waals surface area contributed by atoms with Gasteiger partial charge in [0, 0.05) is 25.2 Å². The number of hydrogen-bond acceptors (Lipinski definition) is 3. The van der Waals surface area contributed by atoms with Gasteiger partial charge in [-0.1, -0.05) is 13.8 Å². The standard InChI is InChI=1S/C18H27F3N2O2/c1-7-23(5)11-22-15-9-16(25-6)14(8-13(15)4)17(24,10-12(2)3)18(19,20)21/h8-9,11-12,24H,7,10H2,1-6H3. The van der Waals surface area contributed by atoms with Crippen LogP contribution in [-0.2, 0) is 5.60 Å². The Kier molecular flexibility index (Phi) is 6.88. The molecule has 0 spiro atoms. The van der Waals surface area contributed by atoms with Gasteiger partial charge in [0.05, 0.1) is 19.1 Å². The zero-order chi connectivity index (χ0) is 19.4. The van der Waals surface area contributed by atoms with E-state index in [4.69, 9.17) is 4.74 Å². The Morgan fingerprint density at radius 2 is 1.92 bits per heavy atom. The number of aliphatic hydroxyl groups is 1. The van der Waals surface area contributed by atoms with E-state index in [1.807, 2.05) is 18.9 Å². The normalized spacial score (nSPS) is 14.8. The summed E-state index contributed by atoms with van der Waals surface area (Å²) < 4.78 is 46.1. The smallest absolute Gasteiger partial charge is 0.421 e. The van der Waals surface area contributed by atoms with Gasteiger partial charge in [-0.3, -0.25) is 0 Å². The van der Waals surface area contributed by atoms with Crippen LogP contribution in [0.3, 0.4) is 0 Å². The minimum atomic E-state index is -4.82. The molecule has 7 heteroatoms. The van der Waals surface area contributed by atoms with Gasteiger partial charge in [-0.05, 0) is 37.8 Å². The molecule has 0 aliphatic rings. The molecule has 1 aromatic rings. The highest BCUT2D eigenvalue weighted by molar-refractivity contribution is 5.65. The molecule has 4 nitrogen and oxygen atoms in total. The van der Waals surface area contributed by atoms with Crippen molar-refractivity contribution in [1.29, 1.82) is 0 Å². The quantitative estimate of drug-likeness (QED) is 0.579. The largest absolute Gasteiger partial charge is 0.496 e. The van der Waals surface area contributed by atoms with Crippen molar-refractivity contribution in [1.82, 2.24) is 4.90 Å². The lowest BCUT2D eigenvalue weighted by molar-refractivity contribution is -0.272. The van der Waals surface area contributed by atoms with Gasteiger partial charge in [0.25, 0.3) is 0 Å². The van der Waals surface area contributed by atoms with Crippen molar-refractivity contribution in [2.24, 2.45) is 10.9 Å². The zero-order valence-corrected chi connectivity index (χ0v) is 15.6. The van der Waals surface area contributed by atoms with Gasteiger partial charge in [-0.25, -0.2) is 4.99 Å². The molecule has 0 fully saturated rings. The second kappa shape index (κ2) is 8.08. The maximum atomic E-state index is 13.7. The second-order valence-corrected chi connectivity index (χ2v) is 6.61. The molecule has 1 aromatic carbocycles. The van der Waals surface area contributed by atoms with Crippen molar-refractivity contribution in [2.45, 2.75) is 45.9 Å². The lowest BCUT2D eigenvalue weighted by atomic mass is 9.83. The van der Waals surface area contributed by atoms with E-state index in [0.29, 0.717) is 11.3 Å². The van der Waals surface area contributed by atoms with Crippen molar-refractivity contribution in [3.8, 4) is 5.75 Å². The first-order chi connectivity index (χ1) is 11.5. The molecule has 1 unspecified atom stereocenters. The van der Waals surface area contributed by atoms with Gasteiger partial charge < -0.3 is 14.7 Å². The van der Waals surface area contributed by atoms with Crippen LogP contribution in [-0.4, -0.2) is 43.2 Å². The number of nitrogens with zero attached hydrogens (tertiary/aromatic N) is 2. The molecule has 0 amide bonds. The van der Waals surface area contributed by atoms with Crippen LogP contribution in [0.15, 0.2) is 17.1 Å². The summed E-state index contributed by atoms with van der Waals surface area (Å²) in [6, 6.07) is 2.75. The second-order valence-electron chi connectivity index (χ2n) is 6.61. The summed E-state index contributed by atoms with van der Waals surface area (Å²) in [5.74, 6) is -0.384. The summed E-state index contributed by atoms with van der Waals surface area (Å²) in [6.07, 6.45) is -3.66. The Morgan fingerprint density at radius 3 is 2.36 bits per heavy atom. The third kappa shape index (κ3) is 4.87. The lowest BCUT2D eigenvalue weighted by Gasteiger charge is -2.34. The van der Waals surface area contributed by atoms with E-state index in [0.717, 1.165) is 6.54 Å². The Bertz CT molecular complexity index is 615. The maximum absolute atomic E-state index is 13.7. The number of rotatable bonds is 7. The molecule has 25 heavy (non-hydrogen) atoms. The number of aryl methyl sites for hydroxylation is 1. The number of ether oxygens (including phenoxy) is 1. The highest BCUT2D eigenvalue weighted by Crippen LogP contribution is 2.48. The van der Waals surface area contributed by atoms with Gasteiger partial charge in [0.2, 0.25) is 0 Å². The molecule has 1 N–H and O–H groups in total. The molecule has 0 heterocycles. The first-order valence-electron chi connectivity index (χ1n) is 8.18. The summed E-state index contributed by atoms with van der Waals surface area (Å²) in [4.78, 5) is 6.13. The van der Waals surface area contributed by atoms with Crippen LogP contribution in [0.2, 0.25) is 0 Å². The number of halogens is 3. The molecule has 0 aliphatic carbocycles. The van der Waals surface area contributed by atoms with Crippen molar-refractivity contribution in [3.05, 3.63) is 23.3 Å². The van der Waals surface area contributed by atoms with Crippen LogP contribution in [0.5, 0.6) is 5.75 Å². The first kappa shape index (κ1) is 21.3. The van der Waals surface area contributed by atoms with Gasteiger partial charge in [-0.15, -0.1) is 0 Å². The Hall–Kier alpha value is -1.76. The summed E-state index contributed by atoms with van der Waals surface area (Å²) >= 11 is 0. The Morgan fingerprint density at radius 1 is 1.32 bits per heavy atom. The monoisotopic (exact) mass is 360 g/mol. The summed E-state index contributed by atoms with van der Waals surface area (Å²) in [6.45, 7) is 7.64. The molecular weight excluding hydrogens is 333 g/mol. The SMILES string of the molecule is CCN(C)C=Nc1cc(OC)c(C(O)(CC(C)C)C(F)(F)F)cc1C. The van der Waals surface area contributed by atoms with Gasteiger partial charge in [0.15, 0.2) is 5.60 Å². The van der Waals surface area contributed by atoms with E-state index >= 15 is 0 Å².